The van der Waals surface area contributed by atoms with Gasteiger partial charge in [-0.3, -0.25) is 0 Å². The van der Waals surface area contributed by atoms with Crippen molar-refractivity contribution in [1.29, 1.82) is 0 Å². The van der Waals surface area contributed by atoms with Gasteiger partial charge in [-0.1, -0.05) is 42.0 Å². The predicted molar refractivity (Wildman–Crippen MR) is 83.8 cm³/mol. The number of thiazole rings is 1. The summed E-state index contributed by atoms with van der Waals surface area (Å²) in [4.78, 5) is 4.13. The Kier molecular flexibility index (Phi) is 3.97. The number of nitrogens with two attached hydrogens (primary N) is 1. The number of hydrogen-bond donors (Lipinski definition) is 2. The smallest absolute Gasteiger partial charge is 0.249 e. The van der Waals surface area contributed by atoms with Gasteiger partial charge in [0, 0.05) is 0 Å². The summed E-state index contributed by atoms with van der Waals surface area (Å²) in [5.41, 5.74) is 2.64. The molecule has 0 aliphatic heterocycles. The lowest BCUT2D eigenvalue weighted by Gasteiger charge is -2.18. The fourth-order valence-electron chi connectivity index (χ4n) is 2.68. The lowest BCUT2D eigenvalue weighted by molar-refractivity contribution is 0.599. The Morgan fingerprint density at radius 2 is 2.10 bits per heavy atom. The van der Waals surface area contributed by atoms with Crippen molar-refractivity contribution in [3.05, 3.63) is 41.6 Å². The third-order valence-corrected chi connectivity index (χ3v) is 6.02. The summed E-state index contributed by atoms with van der Waals surface area (Å²) in [6, 6.07) is 8.56. The molecule has 1 aliphatic carbocycles. The van der Waals surface area contributed by atoms with Gasteiger partial charge in [-0.05, 0) is 30.4 Å². The highest BCUT2D eigenvalue weighted by Gasteiger charge is 2.20. The van der Waals surface area contributed by atoms with Gasteiger partial charge in [0.15, 0.2) is 9.34 Å². The van der Waals surface area contributed by atoms with Crippen LogP contribution in [0.2, 0.25) is 0 Å². The standard InChI is InChI=1S/C14H17N3O2S2/c15-21(18,19)13-9-16-14(20-13)17-12-8-4-2-6-10-5-1-3-7-11(10)12/h1,3,5,7,9,12H,2,4,6,8H2,(H,16,17)(H2,15,18,19)/t12-/m1/s1. The summed E-state index contributed by atoms with van der Waals surface area (Å²) in [7, 11) is -3.67. The van der Waals surface area contributed by atoms with E-state index in [1.54, 1.807) is 0 Å². The first kappa shape index (κ1) is 14.5. The molecule has 1 aromatic heterocycles. The van der Waals surface area contributed by atoms with E-state index in [0.717, 1.165) is 30.6 Å². The normalized spacial score (nSPS) is 18.8. The van der Waals surface area contributed by atoms with Crippen molar-refractivity contribution in [2.75, 3.05) is 5.32 Å². The van der Waals surface area contributed by atoms with E-state index in [1.165, 1.54) is 23.7 Å². The zero-order valence-electron chi connectivity index (χ0n) is 11.5. The van der Waals surface area contributed by atoms with Crippen molar-refractivity contribution in [1.82, 2.24) is 4.98 Å². The first-order valence-electron chi connectivity index (χ1n) is 6.87. The molecule has 1 heterocycles. The lowest BCUT2D eigenvalue weighted by atomic mass is 9.99. The van der Waals surface area contributed by atoms with E-state index in [9.17, 15) is 8.42 Å². The van der Waals surface area contributed by atoms with Gasteiger partial charge in [0.05, 0.1) is 12.2 Å². The Morgan fingerprint density at radius 1 is 1.29 bits per heavy atom. The topological polar surface area (TPSA) is 85.1 Å². The molecule has 0 spiro atoms. The molecule has 3 N–H and O–H groups in total. The van der Waals surface area contributed by atoms with Crippen LogP contribution < -0.4 is 10.5 Å². The molecule has 0 unspecified atom stereocenters. The summed E-state index contributed by atoms with van der Waals surface area (Å²) in [5, 5.41) is 9.07. The molecular weight excluding hydrogens is 306 g/mol. The van der Waals surface area contributed by atoms with Crippen LogP contribution in [-0.2, 0) is 16.4 Å². The van der Waals surface area contributed by atoms with Gasteiger partial charge >= 0.3 is 0 Å². The molecule has 7 heteroatoms. The average Bonchev–Trinajstić information content (AvgIpc) is 2.82. The van der Waals surface area contributed by atoms with Gasteiger partial charge in [-0.25, -0.2) is 18.5 Å². The Bertz CT molecular complexity index is 740. The van der Waals surface area contributed by atoms with Gasteiger partial charge < -0.3 is 5.32 Å². The molecule has 112 valence electrons. The second-order valence-corrected chi connectivity index (χ2v) is 7.99. The van der Waals surface area contributed by atoms with Gasteiger partial charge in [0.1, 0.15) is 0 Å². The maximum Gasteiger partial charge on any atom is 0.249 e. The Morgan fingerprint density at radius 3 is 2.86 bits per heavy atom. The Hall–Kier alpha value is -1.44. The predicted octanol–water partition coefficient (Wildman–Crippen LogP) is 2.67. The van der Waals surface area contributed by atoms with Crippen molar-refractivity contribution in [2.24, 2.45) is 5.14 Å². The number of nitrogens with zero attached hydrogens (tertiary/aromatic N) is 1. The number of aromatic nitrogens is 1. The zero-order valence-corrected chi connectivity index (χ0v) is 13.1. The van der Waals surface area contributed by atoms with Crippen LogP contribution in [0.4, 0.5) is 5.13 Å². The van der Waals surface area contributed by atoms with E-state index in [-0.39, 0.29) is 10.3 Å². The molecule has 0 amide bonds. The minimum Gasteiger partial charge on any atom is -0.355 e. The number of nitrogens with one attached hydrogen (secondary N) is 1. The molecule has 1 aromatic carbocycles. The first-order valence-corrected chi connectivity index (χ1v) is 9.23. The van der Waals surface area contributed by atoms with E-state index in [0.29, 0.717) is 5.13 Å². The minimum atomic E-state index is -3.67. The number of hydrogen-bond acceptors (Lipinski definition) is 5. The highest BCUT2D eigenvalue weighted by Crippen LogP contribution is 2.33. The third-order valence-electron chi connectivity index (χ3n) is 3.68. The van der Waals surface area contributed by atoms with Crippen LogP contribution in [0.25, 0.3) is 0 Å². The molecule has 3 rings (SSSR count). The Labute approximate surface area is 128 Å². The van der Waals surface area contributed by atoms with Crippen LogP contribution >= 0.6 is 11.3 Å². The quantitative estimate of drug-likeness (QED) is 0.850. The summed E-state index contributed by atoms with van der Waals surface area (Å²) < 4.78 is 22.7. The second kappa shape index (κ2) is 5.75. The van der Waals surface area contributed by atoms with Crippen LogP contribution in [-0.4, -0.2) is 13.4 Å². The van der Waals surface area contributed by atoms with E-state index < -0.39 is 10.0 Å². The van der Waals surface area contributed by atoms with E-state index in [2.05, 4.69) is 28.5 Å². The highest BCUT2D eigenvalue weighted by molar-refractivity contribution is 7.91. The molecule has 0 radical (unpaired) electrons. The van der Waals surface area contributed by atoms with Crippen LogP contribution in [0.3, 0.4) is 0 Å². The lowest BCUT2D eigenvalue weighted by Crippen LogP contribution is -2.11. The number of aryl methyl sites for hydroxylation is 1. The SMILES string of the molecule is NS(=O)(=O)c1cnc(N[C@@H]2CCCCc3ccccc32)s1. The molecule has 0 bridgehead atoms. The van der Waals surface area contributed by atoms with Gasteiger partial charge in [0.2, 0.25) is 10.0 Å². The first-order chi connectivity index (χ1) is 10.0. The molecule has 21 heavy (non-hydrogen) atoms. The van der Waals surface area contributed by atoms with Crippen molar-refractivity contribution in [3.63, 3.8) is 0 Å². The summed E-state index contributed by atoms with van der Waals surface area (Å²) in [5.74, 6) is 0. The monoisotopic (exact) mass is 323 g/mol. The minimum absolute atomic E-state index is 0.0897. The average molecular weight is 323 g/mol. The van der Waals surface area contributed by atoms with Crippen LogP contribution in [0.1, 0.15) is 36.4 Å². The molecule has 0 saturated carbocycles. The molecule has 0 saturated heterocycles. The number of primary sulfonamides is 1. The van der Waals surface area contributed by atoms with Crippen LogP contribution in [0.15, 0.2) is 34.7 Å². The molecule has 1 atom stereocenters. The highest BCUT2D eigenvalue weighted by atomic mass is 32.2. The summed E-state index contributed by atoms with van der Waals surface area (Å²) in [6.07, 6.45) is 5.73. The number of benzene rings is 1. The van der Waals surface area contributed by atoms with Gasteiger partial charge in [-0.2, -0.15) is 0 Å². The number of sulfonamides is 1. The Balaban J connectivity index is 1.86. The third kappa shape index (κ3) is 3.25. The van der Waals surface area contributed by atoms with Crippen molar-refractivity contribution < 1.29 is 8.42 Å². The zero-order chi connectivity index (χ0) is 14.9. The fourth-order valence-corrected chi connectivity index (χ4v) is 4.18. The van der Waals surface area contributed by atoms with Crippen LogP contribution in [0, 0.1) is 0 Å². The van der Waals surface area contributed by atoms with Crippen molar-refractivity contribution in [3.8, 4) is 0 Å². The van der Waals surface area contributed by atoms with E-state index in [4.69, 9.17) is 5.14 Å². The molecule has 5 nitrogen and oxygen atoms in total. The van der Waals surface area contributed by atoms with E-state index >= 15 is 0 Å². The largest absolute Gasteiger partial charge is 0.355 e. The molecule has 2 aromatic rings. The summed E-state index contributed by atoms with van der Waals surface area (Å²) in [6.45, 7) is 0. The molecule has 0 fully saturated rings. The number of anilines is 1. The summed E-state index contributed by atoms with van der Waals surface area (Å²) >= 11 is 1.08. The van der Waals surface area contributed by atoms with Crippen molar-refractivity contribution >= 4 is 26.5 Å². The molecular formula is C14H17N3O2S2. The van der Waals surface area contributed by atoms with Crippen LogP contribution in [0.5, 0.6) is 0 Å². The van der Waals surface area contributed by atoms with E-state index in [1.807, 2.05) is 6.07 Å². The number of rotatable bonds is 3. The second-order valence-electron chi connectivity index (χ2n) is 5.17. The molecule has 1 aliphatic rings. The maximum atomic E-state index is 11.3. The number of fused-ring (bicyclic) bond motifs is 1. The fraction of sp³-hybridized carbons (Fsp3) is 0.357. The maximum absolute atomic E-state index is 11.3. The van der Waals surface area contributed by atoms with Crippen molar-refractivity contribution in [2.45, 2.75) is 35.9 Å². The van der Waals surface area contributed by atoms with Gasteiger partial charge in [-0.15, -0.1) is 0 Å². The van der Waals surface area contributed by atoms with Gasteiger partial charge in [0.25, 0.3) is 0 Å².